The molecule has 196 valence electrons. The minimum Gasteiger partial charge on any atom is -0.299 e. The minimum absolute atomic E-state index is 0.0481. The maximum absolute atomic E-state index is 14.2. The van der Waals surface area contributed by atoms with Crippen LogP contribution in [-0.2, 0) is 18.5 Å². The number of fused-ring (bicyclic) bond motifs is 2. The zero-order valence-electron chi connectivity index (χ0n) is 20.4. The Morgan fingerprint density at radius 2 is 1.41 bits per heavy atom. The molecule has 0 aromatic heterocycles. The van der Waals surface area contributed by atoms with E-state index in [4.69, 9.17) is 3.63 Å². The smallest absolute Gasteiger partial charge is 0.278 e. The normalized spacial score (nSPS) is 23.4. The maximum atomic E-state index is 14.2. The Morgan fingerprint density at radius 3 is 1.84 bits per heavy atom. The van der Waals surface area contributed by atoms with Gasteiger partial charge in [0.25, 0.3) is 10.1 Å². The van der Waals surface area contributed by atoms with Gasteiger partial charge in [0.1, 0.15) is 5.78 Å². The van der Waals surface area contributed by atoms with Crippen LogP contribution in [0.4, 0.5) is 0 Å². The van der Waals surface area contributed by atoms with E-state index in [-0.39, 0.29) is 17.5 Å². The van der Waals surface area contributed by atoms with Crippen molar-refractivity contribution in [3.8, 4) is 0 Å². The lowest BCUT2D eigenvalue weighted by Crippen LogP contribution is -2.42. The topological polar surface area (TPSA) is 60.4 Å². The van der Waals surface area contributed by atoms with Gasteiger partial charge in [-0.25, -0.2) is 3.63 Å². The van der Waals surface area contributed by atoms with Crippen molar-refractivity contribution >= 4 is 74.0 Å². The Balaban J connectivity index is 1.74. The first kappa shape index (κ1) is 27.6. The van der Waals surface area contributed by atoms with Crippen LogP contribution in [0, 0.1) is 16.7 Å². The van der Waals surface area contributed by atoms with Crippen molar-refractivity contribution < 1.29 is 16.8 Å². The number of ketones is 1. The van der Waals surface area contributed by atoms with Crippen molar-refractivity contribution in [2.45, 2.75) is 47.8 Å². The van der Waals surface area contributed by atoms with E-state index in [0.717, 1.165) is 20.7 Å². The Labute approximate surface area is 245 Å². The van der Waals surface area contributed by atoms with Crippen molar-refractivity contribution in [1.82, 2.24) is 0 Å². The Kier molecular flexibility index (Phi) is 7.38. The average Bonchev–Trinajstić information content (AvgIpc) is 3.18. The van der Waals surface area contributed by atoms with Crippen LogP contribution in [0.15, 0.2) is 101 Å². The van der Waals surface area contributed by atoms with Gasteiger partial charge in [0.15, 0.2) is 0 Å². The van der Waals surface area contributed by atoms with E-state index in [2.05, 4.69) is 47.8 Å². The highest BCUT2D eigenvalue weighted by molar-refractivity contribution is 9.11. The van der Waals surface area contributed by atoms with Gasteiger partial charge in [0.05, 0.1) is 16.1 Å². The van der Waals surface area contributed by atoms with Gasteiger partial charge in [0.2, 0.25) is 0 Å². The van der Waals surface area contributed by atoms with Crippen LogP contribution in [0.2, 0.25) is 0 Å². The number of carbonyl (C=O) groups is 1. The van der Waals surface area contributed by atoms with Crippen LogP contribution in [0.25, 0.3) is 0 Å². The van der Waals surface area contributed by atoms with Crippen LogP contribution in [0.5, 0.6) is 0 Å². The summed E-state index contributed by atoms with van der Waals surface area (Å²) in [6.45, 7) is 4.09. The van der Waals surface area contributed by atoms with Crippen LogP contribution in [-0.4, -0.2) is 20.0 Å². The third kappa shape index (κ3) is 4.51. The zero-order chi connectivity index (χ0) is 26.6. The number of halogens is 3. The second kappa shape index (κ2) is 9.89. The van der Waals surface area contributed by atoms with E-state index in [9.17, 15) is 13.2 Å². The minimum atomic E-state index is -4.20. The lowest BCUT2D eigenvalue weighted by Gasteiger charge is -2.42. The quantitative estimate of drug-likeness (QED) is 0.244. The van der Waals surface area contributed by atoms with E-state index in [1.807, 2.05) is 86.6 Å². The standard InChI is InChI=1S/C28H27Br3O4S2/c1-27(2)19-13-14-28(27,25(32)15-19)18-36(33,34)35-37(21-9-5-3-6-10-21,22-11-7-4-8-12-22)26-23(30)16-20(29)17-24(26)31/h3-12,16-17,19H,13-15,18H2,1-2H3. The molecule has 2 aliphatic rings. The second-order valence-corrected chi connectivity index (χ2v) is 17.4. The van der Waals surface area contributed by atoms with Gasteiger partial charge < -0.3 is 0 Å². The molecular formula is C28H27Br3O4S2. The van der Waals surface area contributed by atoms with Crippen LogP contribution < -0.4 is 0 Å². The molecule has 0 spiro atoms. The summed E-state index contributed by atoms with van der Waals surface area (Å²) in [7, 11) is -7.00. The Bertz CT molecular complexity index is 1400. The van der Waals surface area contributed by atoms with Crippen molar-refractivity contribution in [3.05, 3.63) is 86.2 Å². The molecule has 3 aromatic rings. The highest BCUT2D eigenvalue weighted by atomic mass is 79.9. The molecule has 0 radical (unpaired) electrons. The van der Waals surface area contributed by atoms with Gasteiger partial charge in [-0.15, -0.1) is 0 Å². The van der Waals surface area contributed by atoms with E-state index in [1.54, 1.807) is 0 Å². The zero-order valence-corrected chi connectivity index (χ0v) is 26.8. The van der Waals surface area contributed by atoms with Crippen LogP contribution >= 0.6 is 58.1 Å². The molecule has 37 heavy (non-hydrogen) atoms. The summed E-state index contributed by atoms with van der Waals surface area (Å²) in [6, 6.07) is 22.8. The number of hydrogen-bond donors (Lipinski definition) is 0. The fourth-order valence-corrected chi connectivity index (χ4v) is 15.8. The number of Topliss-reactive ketones (excluding diaryl/α,β-unsaturated/α-hetero) is 1. The predicted molar refractivity (Wildman–Crippen MR) is 158 cm³/mol. The fraction of sp³-hybridized carbons (Fsp3) is 0.321. The first-order valence-electron chi connectivity index (χ1n) is 12.0. The molecule has 9 heteroatoms. The molecule has 2 atom stereocenters. The van der Waals surface area contributed by atoms with Crippen molar-refractivity contribution in [2.75, 3.05) is 5.75 Å². The molecule has 0 amide bonds. The molecule has 0 N–H and O–H groups in total. The first-order chi connectivity index (χ1) is 17.4. The first-order valence-corrected chi connectivity index (χ1v) is 17.5. The number of benzene rings is 3. The van der Waals surface area contributed by atoms with E-state index in [0.29, 0.717) is 26.7 Å². The summed E-state index contributed by atoms with van der Waals surface area (Å²) >= 11 is 11.0. The molecule has 2 unspecified atom stereocenters. The number of hydrogen-bond acceptors (Lipinski definition) is 4. The van der Waals surface area contributed by atoms with Crippen LogP contribution in [0.3, 0.4) is 0 Å². The van der Waals surface area contributed by atoms with Gasteiger partial charge in [0, 0.05) is 29.6 Å². The summed E-state index contributed by atoms with van der Waals surface area (Å²) < 4.78 is 37.3. The highest BCUT2D eigenvalue weighted by Crippen LogP contribution is 2.73. The van der Waals surface area contributed by atoms with Gasteiger partial charge in [-0.3, -0.25) is 4.79 Å². The molecule has 0 heterocycles. The highest BCUT2D eigenvalue weighted by Gasteiger charge is 2.65. The van der Waals surface area contributed by atoms with Gasteiger partial charge in [-0.05, 0) is 103 Å². The monoisotopic (exact) mass is 728 g/mol. The molecule has 2 bridgehead atoms. The Morgan fingerprint density at radius 1 is 0.892 bits per heavy atom. The van der Waals surface area contributed by atoms with Gasteiger partial charge >= 0.3 is 0 Å². The third-order valence-corrected chi connectivity index (χ3v) is 15.8. The van der Waals surface area contributed by atoms with Gasteiger partial charge in [-0.1, -0.05) is 66.2 Å². The van der Waals surface area contributed by atoms with Gasteiger partial charge in [-0.2, -0.15) is 8.42 Å². The summed E-state index contributed by atoms with van der Waals surface area (Å²) in [5, 5.41) is 0. The Hall–Kier alpha value is -0.970. The molecule has 4 nitrogen and oxygen atoms in total. The largest absolute Gasteiger partial charge is 0.299 e. The van der Waals surface area contributed by atoms with E-state index in [1.165, 1.54) is 0 Å². The fourth-order valence-electron chi connectivity index (χ4n) is 6.10. The molecule has 2 fully saturated rings. The predicted octanol–water partition coefficient (Wildman–Crippen LogP) is 8.91. The summed E-state index contributed by atoms with van der Waals surface area (Å²) in [5.74, 6) is -0.0556. The SMILES string of the molecule is CC1(C)C2CCC1(CS(=O)(=O)OS(c1ccccc1)(c1ccccc1)c1c(Br)cc(Br)cc1Br)C(=O)C2. The molecule has 0 saturated heterocycles. The lowest BCUT2D eigenvalue weighted by molar-refractivity contribution is -0.128. The molecule has 3 aromatic carbocycles. The van der Waals surface area contributed by atoms with Crippen LogP contribution in [0.1, 0.15) is 33.1 Å². The number of rotatable bonds is 7. The van der Waals surface area contributed by atoms with E-state index >= 15 is 0 Å². The van der Waals surface area contributed by atoms with Crippen molar-refractivity contribution in [2.24, 2.45) is 16.7 Å². The maximum Gasteiger partial charge on any atom is 0.278 e. The molecule has 2 aliphatic carbocycles. The summed E-state index contributed by atoms with van der Waals surface area (Å²) in [4.78, 5) is 15.4. The lowest BCUT2D eigenvalue weighted by atomic mass is 9.70. The number of carbonyl (C=O) groups excluding carboxylic acids is 1. The second-order valence-electron chi connectivity index (χ2n) is 10.3. The third-order valence-electron chi connectivity index (χ3n) is 8.17. The average molecular weight is 731 g/mol. The molecule has 5 rings (SSSR count). The molecule has 2 saturated carbocycles. The van der Waals surface area contributed by atoms with Crippen molar-refractivity contribution in [1.29, 1.82) is 0 Å². The summed E-state index contributed by atoms with van der Waals surface area (Å²) in [5.41, 5.74) is -1.32. The molecule has 0 aliphatic heterocycles. The van der Waals surface area contributed by atoms with Crippen molar-refractivity contribution in [3.63, 3.8) is 0 Å². The summed E-state index contributed by atoms with van der Waals surface area (Å²) in [6.07, 6.45) is 1.89. The molecular weight excluding hydrogens is 704 g/mol. The van der Waals surface area contributed by atoms with E-state index < -0.39 is 31.3 Å².